The molecule has 0 aromatic heterocycles. The molecule has 5 nitrogen and oxygen atoms in total. The van der Waals surface area contributed by atoms with E-state index in [9.17, 15) is 4.79 Å². The van der Waals surface area contributed by atoms with Crippen molar-refractivity contribution < 1.29 is 23.7 Å². The second-order valence-corrected chi connectivity index (χ2v) is 4.10. The van der Waals surface area contributed by atoms with E-state index in [1.807, 2.05) is 0 Å². The number of carbonyl (C=O) groups excluding carboxylic acids is 1. The lowest BCUT2D eigenvalue weighted by atomic mass is 10.2. The predicted octanol–water partition coefficient (Wildman–Crippen LogP) is 2.93. The van der Waals surface area contributed by atoms with Gasteiger partial charge in [-0.15, -0.1) is 0 Å². The third-order valence-electron chi connectivity index (χ3n) is 2.90. The van der Waals surface area contributed by atoms with E-state index in [0.29, 0.717) is 23.0 Å². The van der Waals surface area contributed by atoms with Gasteiger partial charge in [-0.3, -0.25) is 0 Å². The van der Waals surface area contributed by atoms with Gasteiger partial charge in [-0.25, -0.2) is 4.79 Å². The van der Waals surface area contributed by atoms with E-state index in [2.05, 4.69) is 0 Å². The van der Waals surface area contributed by atoms with Gasteiger partial charge >= 0.3 is 5.97 Å². The summed E-state index contributed by atoms with van der Waals surface area (Å²) in [6.45, 7) is 0. The van der Waals surface area contributed by atoms with Crippen LogP contribution in [0.25, 0.3) is 0 Å². The van der Waals surface area contributed by atoms with Crippen molar-refractivity contribution in [2.24, 2.45) is 0 Å². The first kappa shape index (κ1) is 14.7. The largest absolute Gasteiger partial charge is 0.497 e. The molecule has 0 saturated carbocycles. The van der Waals surface area contributed by atoms with E-state index < -0.39 is 5.97 Å². The Bertz CT molecular complexity index is 597. The smallest absolute Gasteiger partial charge is 0.351 e. The topological polar surface area (TPSA) is 54.0 Å². The molecular weight excluding hydrogens is 272 g/mol. The number of methoxy groups -OCH3 is 3. The molecule has 21 heavy (non-hydrogen) atoms. The average Bonchev–Trinajstić information content (AvgIpc) is 2.54. The first-order valence-corrected chi connectivity index (χ1v) is 6.26. The Kier molecular flexibility index (Phi) is 4.66. The molecule has 0 aliphatic heterocycles. The molecule has 0 radical (unpaired) electrons. The highest BCUT2D eigenvalue weighted by Crippen LogP contribution is 2.29. The number of hydrogen-bond acceptors (Lipinski definition) is 5. The van der Waals surface area contributed by atoms with Crippen molar-refractivity contribution >= 4 is 5.97 Å². The van der Waals surface area contributed by atoms with Gasteiger partial charge in [0.2, 0.25) is 0 Å². The van der Waals surface area contributed by atoms with Crippen LogP contribution in [0.4, 0.5) is 0 Å². The lowest BCUT2D eigenvalue weighted by Crippen LogP contribution is -2.11. The van der Waals surface area contributed by atoms with Crippen LogP contribution in [0.2, 0.25) is 0 Å². The molecule has 0 aliphatic carbocycles. The van der Waals surface area contributed by atoms with Gasteiger partial charge < -0.3 is 18.9 Å². The van der Waals surface area contributed by atoms with Crippen LogP contribution in [0.15, 0.2) is 42.5 Å². The van der Waals surface area contributed by atoms with Crippen LogP contribution in [0, 0.1) is 0 Å². The van der Waals surface area contributed by atoms with E-state index in [0.717, 1.165) is 0 Å². The van der Waals surface area contributed by atoms with Gasteiger partial charge in [0, 0.05) is 0 Å². The monoisotopic (exact) mass is 288 g/mol. The molecule has 0 heterocycles. The summed E-state index contributed by atoms with van der Waals surface area (Å²) in [5.74, 6) is 1.34. The lowest BCUT2D eigenvalue weighted by molar-refractivity contribution is 0.0727. The standard InChI is InChI=1S/C16H16O5/c1-18-11-7-9-12(10-8-11)21-16(17)15-13(19-2)5-4-6-14(15)20-3/h4-10H,1-3H3. The number of esters is 1. The van der Waals surface area contributed by atoms with Crippen LogP contribution in [-0.2, 0) is 0 Å². The number of rotatable bonds is 5. The molecule has 0 fully saturated rings. The van der Waals surface area contributed by atoms with Crippen molar-refractivity contribution in [1.29, 1.82) is 0 Å². The lowest BCUT2D eigenvalue weighted by Gasteiger charge is -2.12. The van der Waals surface area contributed by atoms with Crippen molar-refractivity contribution in [1.82, 2.24) is 0 Å². The van der Waals surface area contributed by atoms with Crippen molar-refractivity contribution in [3.05, 3.63) is 48.0 Å². The number of benzene rings is 2. The molecule has 0 saturated heterocycles. The van der Waals surface area contributed by atoms with E-state index in [1.165, 1.54) is 14.2 Å². The van der Waals surface area contributed by atoms with Gasteiger partial charge in [0.15, 0.2) is 0 Å². The Balaban J connectivity index is 2.27. The number of carbonyl (C=O) groups is 1. The van der Waals surface area contributed by atoms with Crippen LogP contribution < -0.4 is 18.9 Å². The van der Waals surface area contributed by atoms with Crippen LogP contribution in [0.1, 0.15) is 10.4 Å². The minimum absolute atomic E-state index is 0.248. The van der Waals surface area contributed by atoms with Crippen molar-refractivity contribution in [2.75, 3.05) is 21.3 Å². The minimum atomic E-state index is -0.547. The zero-order chi connectivity index (χ0) is 15.2. The maximum atomic E-state index is 12.3. The summed E-state index contributed by atoms with van der Waals surface area (Å²) < 4.78 is 20.7. The molecule has 0 atom stereocenters. The molecule has 0 bridgehead atoms. The Hall–Kier alpha value is -2.69. The third-order valence-corrected chi connectivity index (χ3v) is 2.90. The normalized spacial score (nSPS) is 9.86. The van der Waals surface area contributed by atoms with E-state index in [-0.39, 0.29) is 5.56 Å². The van der Waals surface area contributed by atoms with Crippen LogP contribution >= 0.6 is 0 Å². The number of hydrogen-bond donors (Lipinski definition) is 0. The summed E-state index contributed by atoms with van der Waals surface area (Å²) >= 11 is 0. The van der Waals surface area contributed by atoms with Crippen LogP contribution in [0.3, 0.4) is 0 Å². The van der Waals surface area contributed by atoms with Crippen molar-refractivity contribution in [3.8, 4) is 23.0 Å². The fraction of sp³-hybridized carbons (Fsp3) is 0.188. The summed E-state index contributed by atoms with van der Waals surface area (Å²) in [5, 5.41) is 0. The third kappa shape index (κ3) is 3.25. The molecule has 0 unspecified atom stereocenters. The Morgan fingerprint density at radius 3 is 1.76 bits per heavy atom. The highest BCUT2D eigenvalue weighted by atomic mass is 16.5. The van der Waals surface area contributed by atoms with Crippen LogP contribution in [-0.4, -0.2) is 27.3 Å². The summed E-state index contributed by atoms with van der Waals surface area (Å²) in [6, 6.07) is 11.8. The zero-order valence-electron chi connectivity index (χ0n) is 12.1. The first-order chi connectivity index (χ1) is 10.2. The van der Waals surface area contributed by atoms with Crippen molar-refractivity contribution in [3.63, 3.8) is 0 Å². The highest BCUT2D eigenvalue weighted by molar-refractivity contribution is 5.97. The van der Waals surface area contributed by atoms with Gasteiger partial charge in [0.05, 0.1) is 21.3 Å². The van der Waals surface area contributed by atoms with E-state index in [1.54, 1.807) is 49.6 Å². The van der Waals surface area contributed by atoms with E-state index in [4.69, 9.17) is 18.9 Å². The van der Waals surface area contributed by atoms with Gasteiger partial charge in [0.1, 0.15) is 28.6 Å². The second-order valence-electron chi connectivity index (χ2n) is 4.10. The Morgan fingerprint density at radius 2 is 1.29 bits per heavy atom. The number of ether oxygens (including phenoxy) is 4. The molecule has 0 aliphatic rings. The molecule has 0 spiro atoms. The quantitative estimate of drug-likeness (QED) is 0.625. The minimum Gasteiger partial charge on any atom is -0.497 e. The molecule has 5 heteroatoms. The highest BCUT2D eigenvalue weighted by Gasteiger charge is 2.20. The molecule has 2 rings (SSSR count). The molecular formula is C16H16O5. The maximum absolute atomic E-state index is 12.3. The molecule has 0 N–H and O–H groups in total. The Labute approximate surface area is 123 Å². The van der Waals surface area contributed by atoms with Gasteiger partial charge in [-0.2, -0.15) is 0 Å². The summed E-state index contributed by atoms with van der Waals surface area (Å²) in [7, 11) is 4.54. The molecule has 0 amide bonds. The zero-order valence-corrected chi connectivity index (χ0v) is 12.1. The fourth-order valence-corrected chi connectivity index (χ4v) is 1.85. The van der Waals surface area contributed by atoms with Crippen LogP contribution in [0.5, 0.6) is 23.0 Å². The predicted molar refractivity (Wildman–Crippen MR) is 77.5 cm³/mol. The van der Waals surface area contributed by atoms with Gasteiger partial charge in [0.25, 0.3) is 0 Å². The maximum Gasteiger partial charge on any atom is 0.351 e. The molecule has 2 aromatic carbocycles. The molecule has 2 aromatic rings. The average molecular weight is 288 g/mol. The first-order valence-electron chi connectivity index (χ1n) is 6.26. The Morgan fingerprint density at radius 1 is 0.762 bits per heavy atom. The second kappa shape index (κ2) is 6.65. The summed E-state index contributed by atoms with van der Waals surface area (Å²) in [6.07, 6.45) is 0. The van der Waals surface area contributed by atoms with Gasteiger partial charge in [-0.1, -0.05) is 6.07 Å². The van der Waals surface area contributed by atoms with Crippen molar-refractivity contribution in [2.45, 2.75) is 0 Å². The summed E-state index contributed by atoms with van der Waals surface area (Å²) in [5.41, 5.74) is 0.248. The van der Waals surface area contributed by atoms with E-state index >= 15 is 0 Å². The molecule has 110 valence electrons. The SMILES string of the molecule is COc1ccc(OC(=O)c2c(OC)cccc2OC)cc1. The fourth-order valence-electron chi connectivity index (χ4n) is 1.85. The van der Waals surface area contributed by atoms with Gasteiger partial charge in [-0.05, 0) is 36.4 Å². The summed E-state index contributed by atoms with van der Waals surface area (Å²) in [4.78, 5) is 12.3.